The minimum Gasteiger partial charge on any atom is -0.330 e. The number of nitrogens with zero attached hydrogens (tertiary/aromatic N) is 1. The van der Waals surface area contributed by atoms with Crippen molar-refractivity contribution in [3.05, 3.63) is 77.5 Å². The molecule has 3 aromatic rings. The van der Waals surface area contributed by atoms with E-state index in [2.05, 4.69) is 4.98 Å². The quantitative estimate of drug-likeness (QED) is 0.745. The molecule has 0 spiro atoms. The van der Waals surface area contributed by atoms with Gasteiger partial charge in [0.2, 0.25) is 0 Å². The molecular formula is C18H16N2O. The minimum absolute atomic E-state index is 0.00130. The first-order valence-corrected chi connectivity index (χ1v) is 6.97. The van der Waals surface area contributed by atoms with Gasteiger partial charge in [0.15, 0.2) is 5.78 Å². The molecule has 21 heavy (non-hydrogen) atoms. The normalized spacial score (nSPS) is 10.7. The van der Waals surface area contributed by atoms with E-state index in [0.717, 1.165) is 22.9 Å². The van der Waals surface area contributed by atoms with Crippen LogP contribution in [0.4, 0.5) is 0 Å². The molecule has 0 bridgehead atoms. The van der Waals surface area contributed by atoms with E-state index in [-0.39, 0.29) is 5.78 Å². The van der Waals surface area contributed by atoms with Crippen molar-refractivity contribution in [1.29, 1.82) is 0 Å². The molecule has 0 saturated heterocycles. The number of fused-ring (bicyclic) bond motifs is 1. The molecule has 3 rings (SSSR count). The molecule has 3 heteroatoms. The maximum absolute atomic E-state index is 12.7. The van der Waals surface area contributed by atoms with Crippen molar-refractivity contribution in [2.24, 2.45) is 5.73 Å². The van der Waals surface area contributed by atoms with Gasteiger partial charge in [-0.15, -0.1) is 0 Å². The van der Waals surface area contributed by atoms with Crippen LogP contribution >= 0.6 is 0 Å². The molecule has 0 atom stereocenters. The third-order valence-corrected chi connectivity index (χ3v) is 3.53. The second-order valence-corrected chi connectivity index (χ2v) is 4.95. The molecule has 1 heterocycles. The van der Waals surface area contributed by atoms with E-state index in [1.165, 1.54) is 0 Å². The molecule has 0 saturated carbocycles. The fraction of sp³-hybridized carbons (Fsp3) is 0.111. The Labute approximate surface area is 123 Å². The number of pyridine rings is 1. The van der Waals surface area contributed by atoms with E-state index in [4.69, 9.17) is 5.73 Å². The largest absolute Gasteiger partial charge is 0.330 e. The predicted octanol–water partition coefficient (Wildman–Crippen LogP) is 2.97. The molecule has 0 aliphatic carbocycles. The molecule has 3 nitrogen and oxygen atoms in total. The maximum Gasteiger partial charge on any atom is 0.195 e. The summed E-state index contributed by atoms with van der Waals surface area (Å²) in [7, 11) is 0. The fourth-order valence-corrected chi connectivity index (χ4v) is 2.43. The fourth-order valence-electron chi connectivity index (χ4n) is 2.43. The highest BCUT2D eigenvalue weighted by atomic mass is 16.1. The van der Waals surface area contributed by atoms with Crippen LogP contribution in [-0.4, -0.2) is 17.3 Å². The van der Waals surface area contributed by atoms with E-state index < -0.39 is 0 Å². The number of carbonyl (C=O) groups excluding carboxylic acids is 1. The van der Waals surface area contributed by atoms with E-state index >= 15 is 0 Å². The highest BCUT2D eigenvalue weighted by Crippen LogP contribution is 2.19. The van der Waals surface area contributed by atoms with Gasteiger partial charge in [-0.1, -0.05) is 42.5 Å². The third kappa shape index (κ3) is 2.69. The standard InChI is InChI=1S/C18H16N2O/c19-11-10-13-6-8-15(9-7-13)18(21)16-5-1-3-14-4-2-12-20-17(14)16/h1-9,12H,10-11,19H2. The van der Waals surface area contributed by atoms with Gasteiger partial charge in [0, 0.05) is 22.7 Å². The van der Waals surface area contributed by atoms with Crippen molar-refractivity contribution in [2.45, 2.75) is 6.42 Å². The van der Waals surface area contributed by atoms with Gasteiger partial charge >= 0.3 is 0 Å². The SMILES string of the molecule is NCCc1ccc(C(=O)c2cccc3cccnc23)cc1. The molecule has 0 aliphatic heterocycles. The summed E-state index contributed by atoms with van der Waals surface area (Å²) < 4.78 is 0. The van der Waals surface area contributed by atoms with Crippen LogP contribution in [0.15, 0.2) is 60.8 Å². The molecular weight excluding hydrogens is 260 g/mol. The molecule has 2 aromatic carbocycles. The first kappa shape index (κ1) is 13.5. The van der Waals surface area contributed by atoms with Crippen LogP contribution in [0.3, 0.4) is 0 Å². The van der Waals surface area contributed by atoms with Crippen molar-refractivity contribution in [1.82, 2.24) is 4.98 Å². The van der Waals surface area contributed by atoms with Crippen LogP contribution in [0.2, 0.25) is 0 Å². The number of ketones is 1. The molecule has 0 amide bonds. The van der Waals surface area contributed by atoms with Crippen molar-refractivity contribution < 1.29 is 4.79 Å². The average Bonchev–Trinajstić information content (AvgIpc) is 2.55. The molecule has 2 N–H and O–H groups in total. The zero-order valence-electron chi connectivity index (χ0n) is 11.6. The third-order valence-electron chi connectivity index (χ3n) is 3.53. The van der Waals surface area contributed by atoms with Crippen LogP contribution in [0.1, 0.15) is 21.5 Å². The van der Waals surface area contributed by atoms with Gasteiger partial charge in [0.1, 0.15) is 0 Å². The summed E-state index contributed by atoms with van der Waals surface area (Å²) in [5.74, 6) is -0.00130. The molecule has 1 aromatic heterocycles. The Kier molecular flexibility index (Phi) is 3.75. The van der Waals surface area contributed by atoms with E-state index in [1.807, 2.05) is 54.6 Å². The monoisotopic (exact) mass is 276 g/mol. The lowest BCUT2D eigenvalue weighted by Crippen LogP contribution is -2.05. The van der Waals surface area contributed by atoms with Crippen LogP contribution in [0, 0.1) is 0 Å². The van der Waals surface area contributed by atoms with Crippen molar-refractivity contribution in [3.8, 4) is 0 Å². The number of para-hydroxylation sites is 1. The Morgan fingerprint density at radius 2 is 1.76 bits per heavy atom. The number of hydrogen-bond donors (Lipinski definition) is 1. The first-order chi connectivity index (χ1) is 10.3. The highest BCUT2D eigenvalue weighted by molar-refractivity contribution is 6.15. The summed E-state index contributed by atoms with van der Waals surface area (Å²) in [6, 6.07) is 17.1. The Bertz CT molecular complexity index is 773. The topological polar surface area (TPSA) is 56.0 Å². The lowest BCUT2D eigenvalue weighted by Gasteiger charge is -2.06. The predicted molar refractivity (Wildman–Crippen MR) is 84.4 cm³/mol. The summed E-state index contributed by atoms with van der Waals surface area (Å²) in [4.78, 5) is 17.0. The Balaban J connectivity index is 2.00. The van der Waals surface area contributed by atoms with Crippen LogP contribution in [-0.2, 0) is 6.42 Å². The van der Waals surface area contributed by atoms with Gasteiger partial charge in [-0.2, -0.15) is 0 Å². The van der Waals surface area contributed by atoms with Crippen LogP contribution in [0.5, 0.6) is 0 Å². The highest BCUT2D eigenvalue weighted by Gasteiger charge is 2.12. The van der Waals surface area contributed by atoms with Crippen LogP contribution < -0.4 is 5.73 Å². The number of aromatic nitrogens is 1. The van der Waals surface area contributed by atoms with Gasteiger partial charge in [0.25, 0.3) is 0 Å². The van der Waals surface area contributed by atoms with Crippen molar-refractivity contribution >= 4 is 16.7 Å². The second kappa shape index (κ2) is 5.85. The Hall–Kier alpha value is -2.52. The zero-order chi connectivity index (χ0) is 14.7. The first-order valence-electron chi connectivity index (χ1n) is 6.97. The van der Waals surface area contributed by atoms with Crippen molar-refractivity contribution in [3.63, 3.8) is 0 Å². The molecule has 104 valence electrons. The van der Waals surface area contributed by atoms with Gasteiger partial charge in [0.05, 0.1) is 5.52 Å². The van der Waals surface area contributed by atoms with E-state index in [9.17, 15) is 4.79 Å². The molecule has 0 aliphatic rings. The summed E-state index contributed by atoms with van der Waals surface area (Å²) in [6.07, 6.45) is 2.54. The molecule has 0 radical (unpaired) electrons. The summed E-state index contributed by atoms with van der Waals surface area (Å²) in [5.41, 5.74) is 8.74. The summed E-state index contributed by atoms with van der Waals surface area (Å²) in [5, 5.41) is 0.975. The maximum atomic E-state index is 12.7. The minimum atomic E-state index is -0.00130. The average molecular weight is 276 g/mol. The molecule has 0 fully saturated rings. The lowest BCUT2D eigenvalue weighted by atomic mass is 9.99. The van der Waals surface area contributed by atoms with Gasteiger partial charge in [-0.05, 0) is 30.7 Å². The van der Waals surface area contributed by atoms with Gasteiger partial charge in [-0.3, -0.25) is 9.78 Å². The number of nitrogens with two attached hydrogens (primary N) is 1. The number of rotatable bonds is 4. The van der Waals surface area contributed by atoms with Crippen LogP contribution in [0.25, 0.3) is 10.9 Å². The van der Waals surface area contributed by atoms with Crippen molar-refractivity contribution in [2.75, 3.05) is 6.54 Å². The Morgan fingerprint density at radius 3 is 2.52 bits per heavy atom. The van der Waals surface area contributed by atoms with Gasteiger partial charge < -0.3 is 5.73 Å². The summed E-state index contributed by atoms with van der Waals surface area (Å²) >= 11 is 0. The van der Waals surface area contributed by atoms with E-state index in [0.29, 0.717) is 17.7 Å². The zero-order valence-corrected chi connectivity index (χ0v) is 11.6. The van der Waals surface area contributed by atoms with Gasteiger partial charge in [-0.25, -0.2) is 0 Å². The number of carbonyl (C=O) groups is 1. The Morgan fingerprint density at radius 1 is 1.00 bits per heavy atom. The van der Waals surface area contributed by atoms with E-state index in [1.54, 1.807) is 6.20 Å². The number of benzene rings is 2. The smallest absolute Gasteiger partial charge is 0.195 e. The number of hydrogen-bond acceptors (Lipinski definition) is 3. The molecule has 0 unspecified atom stereocenters. The summed E-state index contributed by atoms with van der Waals surface area (Å²) in [6.45, 7) is 0.612. The second-order valence-electron chi connectivity index (χ2n) is 4.95. The lowest BCUT2D eigenvalue weighted by molar-refractivity contribution is 0.104.